The van der Waals surface area contributed by atoms with E-state index in [2.05, 4.69) is 33.5 Å². The Morgan fingerprint density at radius 1 is 1.21 bits per heavy atom. The summed E-state index contributed by atoms with van der Waals surface area (Å²) in [7, 11) is 0. The first-order valence-corrected chi connectivity index (χ1v) is 10.4. The fraction of sp³-hybridized carbons (Fsp3) is 0.450. The Kier molecular flexibility index (Phi) is 6.86. The Labute approximate surface area is 168 Å². The number of anilines is 3. The van der Waals surface area contributed by atoms with E-state index in [1.165, 1.54) is 30.6 Å². The van der Waals surface area contributed by atoms with Gasteiger partial charge in [0.1, 0.15) is 0 Å². The van der Waals surface area contributed by atoms with E-state index < -0.39 is 5.97 Å². The van der Waals surface area contributed by atoms with Gasteiger partial charge in [0.2, 0.25) is 0 Å². The number of rotatable bonds is 7. The molecule has 0 aliphatic carbocycles. The van der Waals surface area contributed by atoms with E-state index in [4.69, 9.17) is 5.11 Å². The SMILES string of the molecule is Cc1ccc(NC(=O)Nc2ncc(CCCC(=O)O)s2)c(N2CCCCC2)c1. The second kappa shape index (κ2) is 9.54. The summed E-state index contributed by atoms with van der Waals surface area (Å²) in [6.07, 6.45) is 6.62. The van der Waals surface area contributed by atoms with Crippen LogP contribution >= 0.6 is 11.3 Å². The number of urea groups is 1. The van der Waals surface area contributed by atoms with Crippen molar-refractivity contribution < 1.29 is 14.7 Å². The lowest BCUT2D eigenvalue weighted by atomic mass is 10.1. The van der Waals surface area contributed by atoms with Gasteiger partial charge in [-0.2, -0.15) is 0 Å². The highest BCUT2D eigenvalue weighted by Gasteiger charge is 2.16. The summed E-state index contributed by atoms with van der Waals surface area (Å²) in [4.78, 5) is 30.6. The number of carbonyl (C=O) groups is 2. The minimum atomic E-state index is -0.801. The molecule has 0 bridgehead atoms. The van der Waals surface area contributed by atoms with Crippen LogP contribution in [0.3, 0.4) is 0 Å². The van der Waals surface area contributed by atoms with Crippen LogP contribution < -0.4 is 15.5 Å². The quantitative estimate of drug-likeness (QED) is 0.634. The van der Waals surface area contributed by atoms with Crippen LogP contribution in [0.5, 0.6) is 0 Å². The van der Waals surface area contributed by atoms with Gasteiger partial charge >= 0.3 is 12.0 Å². The first kappa shape index (κ1) is 20.1. The summed E-state index contributed by atoms with van der Waals surface area (Å²) in [5, 5.41) is 14.9. The number of carboxylic acids is 1. The van der Waals surface area contributed by atoms with E-state index >= 15 is 0 Å². The molecular formula is C20H26N4O3S. The van der Waals surface area contributed by atoms with Crippen molar-refractivity contribution in [2.24, 2.45) is 0 Å². The molecule has 1 saturated heterocycles. The molecule has 1 aliphatic heterocycles. The molecule has 0 radical (unpaired) electrons. The van der Waals surface area contributed by atoms with E-state index in [0.717, 1.165) is 34.9 Å². The zero-order chi connectivity index (χ0) is 19.9. The number of thiazole rings is 1. The van der Waals surface area contributed by atoms with Crippen molar-refractivity contribution >= 4 is 39.8 Å². The zero-order valence-electron chi connectivity index (χ0n) is 16.0. The van der Waals surface area contributed by atoms with Crippen molar-refractivity contribution in [3.05, 3.63) is 34.8 Å². The molecule has 0 saturated carbocycles. The van der Waals surface area contributed by atoms with Gasteiger partial charge < -0.3 is 15.3 Å². The molecule has 2 aromatic rings. The number of aryl methyl sites for hydroxylation is 2. The van der Waals surface area contributed by atoms with Gasteiger partial charge in [0, 0.05) is 30.6 Å². The van der Waals surface area contributed by atoms with Crippen LogP contribution in [-0.4, -0.2) is 35.2 Å². The Morgan fingerprint density at radius 3 is 2.75 bits per heavy atom. The number of hydrogen-bond donors (Lipinski definition) is 3. The van der Waals surface area contributed by atoms with Gasteiger partial charge in [-0.15, -0.1) is 11.3 Å². The third-order valence-electron chi connectivity index (χ3n) is 4.69. The predicted octanol–water partition coefficient (Wildman–Crippen LogP) is 4.49. The fourth-order valence-electron chi connectivity index (χ4n) is 3.29. The first-order chi connectivity index (χ1) is 13.5. The molecule has 0 spiro atoms. The highest BCUT2D eigenvalue weighted by Crippen LogP contribution is 2.30. The molecule has 3 N–H and O–H groups in total. The summed E-state index contributed by atoms with van der Waals surface area (Å²) in [6.45, 7) is 4.07. The number of aromatic nitrogens is 1. The van der Waals surface area contributed by atoms with Crippen molar-refractivity contribution in [1.82, 2.24) is 4.98 Å². The summed E-state index contributed by atoms with van der Waals surface area (Å²) in [5.74, 6) is -0.801. The van der Waals surface area contributed by atoms with Crippen LogP contribution in [0, 0.1) is 6.92 Å². The number of carboxylic acid groups (broad SMARTS) is 1. The van der Waals surface area contributed by atoms with Gasteiger partial charge in [-0.05, 0) is 56.7 Å². The molecule has 8 heteroatoms. The number of carbonyl (C=O) groups excluding carboxylic acids is 1. The highest BCUT2D eigenvalue weighted by molar-refractivity contribution is 7.15. The lowest BCUT2D eigenvalue weighted by Crippen LogP contribution is -2.31. The summed E-state index contributed by atoms with van der Waals surface area (Å²) in [6, 6.07) is 5.73. The van der Waals surface area contributed by atoms with Crippen LogP contribution in [-0.2, 0) is 11.2 Å². The normalized spacial score (nSPS) is 14.0. The average Bonchev–Trinajstić information content (AvgIpc) is 3.10. The first-order valence-electron chi connectivity index (χ1n) is 9.61. The van der Waals surface area contributed by atoms with Crippen molar-refractivity contribution in [3.8, 4) is 0 Å². The minimum Gasteiger partial charge on any atom is -0.481 e. The Morgan fingerprint density at radius 2 is 2.00 bits per heavy atom. The van der Waals surface area contributed by atoms with Crippen LogP contribution in [0.25, 0.3) is 0 Å². The Bertz CT molecular complexity index is 831. The molecule has 1 aliphatic rings. The van der Waals surface area contributed by atoms with Crippen LogP contribution in [0.1, 0.15) is 42.5 Å². The van der Waals surface area contributed by atoms with Crippen LogP contribution in [0.15, 0.2) is 24.4 Å². The van der Waals surface area contributed by atoms with E-state index in [1.807, 2.05) is 12.1 Å². The smallest absolute Gasteiger partial charge is 0.325 e. The summed E-state index contributed by atoms with van der Waals surface area (Å²) < 4.78 is 0. The van der Waals surface area contributed by atoms with E-state index in [9.17, 15) is 9.59 Å². The number of benzene rings is 1. The standard InChI is InChI=1S/C20H26N4O3S/c1-14-8-9-16(17(12-14)24-10-3-2-4-11-24)22-19(27)23-20-21-13-15(28-20)6-5-7-18(25)26/h8-9,12-13H,2-7,10-11H2,1H3,(H,25,26)(H2,21,22,23,27). The van der Waals surface area contributed by atoms with Gasteiger partial charge in [-0.1, -0.05) is 6.07 Å². The summed E-state index contributed by atoms with van der Waals surface area (Å²) >= 11 is 1.37. The van der Waals surface area contributed by atoms with Crippen LogP contribution in [0.2, 0.25) is 0 Å². The lowest BCUT2D eigenvalue weighted by molar-refractivity contribution is -0.137. The minimum absolute atomic E-state index is 0.133. The number of aliphatic carboxylic acids is 1. The predicted molar refractivity (Wildman–Crippen MR) is 113 cm³/mol. The molecule has 2 amide bonds. The zero-order valence-corrected chi connectivity index (χ0v) is 16.8. The molecule has 1 aromatic heterocycles. The second-order valence-corrected chi connectivity index (χ2v) is 8.14. The van der Waals surface area contributed by atoms with Crippen LogP contribution in [0.4, 0.5) is 21.3 Å². The molecular weight excluding hydrogens is 376 g/mol. The molecule has 1 fully saturated rings. The van der Waals surface area contributed by atoms with Crippen molar-refractivity contribution in [2.75, 3.05) is 28.6 Å². The third-order valence-corrected chi connectivity index (χ3v) is 5.66. The molecule has 3 rings (SSSR count). The maximum absolute atomic E-state index is 12.5. The van der Waals surface area contributed by atoms with Crippen molar-refractivity contribution in [3.63, 3.8) is 0 Å². The van der Waals surface area contributed by atoms with Gasteiger partial charge in [-0.25, -0.2) is 9.78 Å². The van der Waals surface area contributed by atoms with Gasteiger partial charge in [0.25, 0.3) is 0 Å². The van der Waals surface area contributed by atoms with E-state index in [0.29, 0.717) is 18.0 Å². The van der Waals surface area contributed by atoms with Gasteiger partial charge in [0.15, 0.2) is 5.13 Å². The fourth-order valence-corrected chi connectivity index (χ4v) is 4.14. The second-order valence-electron chi connectivity index (χ2n) is 7.03. The molecule has 7 nitrogen and oxygen atoms in total. The largest absolute Gasteiger partial charge is 0.481 e. The molecule has 2 heterocycles. The maximum atomic E-state index is 12.5. The molecule has 0 atom stereocenters. The van der Waals surface area contributed by atoms with Gasteiger partial charge in [-0.3, -0.25) is 10.1 Å². The Hall–Kier alpha value is -2.61. The topological polar surface area (TPSA) is 94.6 Å². The summed E-state index contributed by atoms with van der Waals surface area (Å²) in [5.41, 5.74) is 3.02. The number of nitrogens with zero attached hydrogens (tertiary/aromatic N) is 2. The Balaban J connectivity index is 1.60. The van der Waals surface area contributed by atoms with E-state index in [-0.39, 0.29) is 12.5 Å². The van der Waals surface area contributed by atoms with Crippen molar-refractivity contribution in [1.29, 1.82) is 0 Å². The molecule has 28 heavy (non-hydrogen) atoms. The number of amides is 2. The number of piperidine rings is 1. The third kappa shape index (κ3) is 5.69. The highest BCUT2D eigenvalue weighted by atomic mass is 32.1. The molecule has 1 aromatic carbocycles. The monoisotopic (exact) mass is 402 g/mol. The maximum Gasteiger partial charge on any atom is 0.325 e. The molecule has 0 unspecified atom stereocenters. The lowest BCUT2D eigenvalue weighted by Gasteiger charge is -2.30. The molecule has 150 valence electrons. The number of hydrogen-bond acceptors (Lipinski definition) is 5. The van der Waals surface area contributed by atoms with E-state index in [1.54, 1.807) is 6.20 Å². The number of nitrogens with one attached hydrogen (secondary N) is 2. The average molecular weight is 403 g/mol. The van der Waals surface area contributed by atoms with Gasteiger partial charge in [0.05, 0.1) is 11.4 Å². The van der Waals surface area contributed by atoms with Crippen molar-refractivity contribution in [2.45, 2.75) is 45.4 Å².